The van der Waals surface area contributed by atoms with Gasteiger partial charge in [-0.15, -0.1) is 0 Å². The topological polar surface area (TPSA) is 74.6 Å². The zero-order chi connectivity index (χ0) is 11.4. The molecule has 0 aromatic carbocycles. The summed E-state index contributed by atoms with van der Waals surface area (Å²) < 4.78 is 5.26. The molecule has 1 saturated carbocycles. The van der Waals surface area contributed by atoms with Crippen molar-refractivity contribution in [1.82, 2.24) is 4.90 Å². The van der Waals surface area contributed by atoms with E-state index in [9.17, 15) is 0 Å². The molecule has 0 aromatic rings. The lowest BCUT2D eigenvalue weighted by Crippen LogP contribution is -2.48. The second-order valence-corrected chi connectivity index (χ2v) is 4.36. The molecule has 5 heteroatoms. The highest BCUT2D eigenvalue weighted by Crippen LogP contribution is 2.21. The highest BCUT2D eigenvalue weighted by Gasteiger charge is 2.22. The van der Waals surface area contributed by atoms with Crippen molar-refractivity contribution in [2.24, 2.45) is 10.7 Å². The molecule has 0 bridgehead atoms. The van der Waals surface area contributed by atoms with Gasteiger partial charge in [-0.2, -0.15) is 5.26 Å². The largest absolute Gasteiger partial charge is 0.370 e. The minimum absolute atomic E-state index is 0.369. The number of nitriles is 1. The normalized spacial score (nSPS) is 28.1. The van der Waals surface area contributed by atoms with Crippen molar-refractivity contribution < 1.29 is 4.74 Å². The van der Waals surface area contributed by atoms with Crippen molar-refractivity contribution in [3.05, 3.63) is 0 Å². The van der Waals surface area contributed by atoms with E-state index in [0.717, 1.165) is 19.4 Å². The van der Waals surface area contributed by atoms with Crippen LogP contribution in [0, 0.1) is 11.3 Å². The maximum Gasteiger partial charge on any atom is 0.191 e. The zero-order valence-electron chi connectivity index (χ0n) is 9.43. The molecular formula is C11H18N4O. The van der Waals surface area contributed by atoms with Crippen molar-refractivity contribution >= 4 is 5.96 Å². The second-order valence-electron chi connectivity index (χ2n) is 4.36. The average molecular weight is 222 g/mol. The first kappa shape index (κ1) is 11.2. The fourth-order valence-corrected chi connectivity index (χ4v) is 2.24. The lowest BCUT2D eigenvalue weighted by atomic mass is 10.2. The molecule has 88 valence electrons. The standard InChI is InChI=1S/C11H18N4O/c12-7-10-8-15(5-6-16-10)11(13)14-9-3-1-2-4-9/h9-10H,1-6,8H2,(H2,13,14). The van der Waals surface area contributed by atoms with Crippen molar-refractivity contribution in [2.75, 3.05) is 19.7 Å². The van der Waals surface area contributed by atoms with Gasteiger partial charge in [0.05, 0.1) is 25.3 Å². The maximum atomic E-state index is 8.79. The molecule has 2 fully saturated rings. The van der Waals surface area contributed by atoms with E-state index in [2.05, 4.69) is 11.1 Å². The summed E-state index contributed by atoms with van der Waals surface area (Å²) in [5, 5.41) is 8.79. The number of rotatable bonds is 1. The number of aliphatic imine (C=N–C) groups is 1. The highest BCUT2D eigenvalue weighted by molar-refractivity contribution is 5.78. The Morgan fingerprint density at radius 3 is 2.88 bits per heavy atom. The van der Waals surface area contributed by atoms with Crippen molar-refractivity contribution in [2.45, 2.75) is 37.8 Å². The van der Waals surface area contributed by atoms with Gasteiger partial charge < -0.3 is 15.4 Å². The van der Waals surface area contributed by atoms with E-state index < -0.39 is 0 Å². The van der Waals surface area contributed by atoms with Crippen LogP contribution in [0.15, 0.2) is 4.99 Å². The van der Waals surface area contributed by atoms with Crippen LogP contribution in [-0.4, -0.2) is 42.7 Å². The van der Waals surface area contributed by atoms with E-state index in [-0.39, 0.29) is 6.10 Å². The van der Waals surface area contributed by atoms with E-state index in [1.807, 2.05) is 4.90 Å². The van der Waals surface area contributed by atoms with Gasteiger partial charge in [-0.25, -0.2) is 4.99 Å². The molecule has 1 aliphatic heterocycles. The summed E-state index contributed by atoms with van der Waals surface area (Å²) in [6.45, 7) is 1.83. The summed E-state index contributed by atoms with van der Waals surface area (Å²) in [5.41, 5.74) is 5.96. The van der Waals surface area contributed by atoms with Crippen LogP contribution in [0.3, 0.4) is 0 Å². The molecule has 0 aromatic heterocycles. The third kappa shape index (κ3) is 2.64. The maximum absolute atomic E-state index is 8.79. The summed E-state index contributed by atoms with van der Waals surface area (Å²) in [4.78, 5) is 6.48. The van der Waals surface area contributed by atoms with Crippen LogP contribution < -0.4 is 5.73 Å². The number of nitrogens with two attached hydrogens (primary N) is 1. The summed E-state index contributed by atoms with van der Waals surface area (Å²) in [5.74, 6) is 0.579. The summed E-state index contributed by atoms with van der Waals surface area (Å²) in [6, 6.07) is 2.50. The van der Waals surface area contributed by atoms with E-state index in [0.29, 0.717) is 25.2 Å². The Bertz CT molecular complexity index is 304. The number of hydrogen-bond acceptors (Lipinski definition) is 3. The first-order chi connectivity index (χ1) is 7.79. The number of nitrogens with zero attached hydrogens (tertiary/aromatic N) is 3. The minimum atomic E-state index is -0.369. The van der Waals surface area contributed by atoms with Crippen molar-refractivity contribution in [3.8, 4) is 6.07 Å². The van der Waals surface area contributed by atoms with Gasteiger partial charge in [0.2, 0.25) is 0 Å². The fraction of sp³-hybridized carbons (Fsp3) is 0.818. The van der Waals surface area contributed by atoms with Gasteiger partial charge in [-0.1, -0.05) is 12.8 Å². The summed E-state index contributed by atoms with van der Waals surface area (Å²) in [7, 11) is 0. The number of ether oxygens (including phenoxy) is 1. The third-order valence-electron chi connectivity index (χ3n) is 3.17. The Morgan fingerprint density at radius 2 is 2.19 bits per heavy atom. The predicted molar refractivity (Wildman–Crippen MR) is 60.8 cm³/mol. The van der Waals surface area contributed by atoms with Gasteiger partial charge >= 0.3 is 0 Å². The molecule has 1 aliphatic carbocycles. The second kappa shape index (κ2) is 5.17. The lowest BCUT2D eigenvalue weighted by molar-refractivity contribution is 0.0259. The quantitative estimate of drug-likeness (QED) is 0.517. The molecule has 2 rings (SSSR count). The molecule has 0 spiro atoms. The first-order valence-electron chi connectivity index (χ1n) is 5.89. The van der Waals surface area contributed by atoms with Crippen LogP contribution in [-0.2, 0) is 4.74 Å². The van der Waals surface area contributed by atoms with E-state index >= 15 is 0 Å². The Labute approximate surface area is 95.9 Å². The lowest BCUT2D eigenvalue weighted by Gasteiger charge is -2.30. The van der Waals surface area contributed by atoms with Crippen LogP contribution >= 0.6 is 0 Å². The van der Waals surface area contributed by atoms with Gasteiger partial charge in [0, 0.05) is 6.54 Å². The van der Waals surface area contributed by atoms with Gasteiger partial charge in [-0.05, 0) is 12.8 Å². The Hall–Kier alpha value is -1.28. The van der Waals surface area contributed by atoms with Crippen molar-refractivity contribution in [1.29, 1.82) is 5.26 Å². The molecular weight excluding hydrogens is 204 g/mol. The molecule has 0 amide bonds. The molecule has 2 aliphatic rings. The van der Waals surface area contributed by atoms with E-state index in [1.54, 1.807) is 0 Å². The molecule has 2 N–H and O–H groups in total. The van der Waals surface area contributed by atoms with Gasteiger partial charge in [0.15, 0.2) is 12.1 Å². The average Bonchev–Trinajstić information content (AvgIpc) is 2.82. The van der Waals surface area contributed by atoms with Crippen LogP contribution in [0.5, 0.6) is 0 Å². The molecule has 16 heavy (non-hydrogen) atoms. The summed E-state index contributed by atoms with van der Waals surface area (Å²) in [6.07, 6.45) is 4.43. The fourth-order valence-electron chi connectivity index (χ4n) is 2.24. The van der Waals surface area contributed by atoms with Gasteiger partial charge in [-0.3, -0.25) is 0 Å². The van der Waals surface area contributed by atoms with E-state index in [4.69, 9.17) is 15.7 Å². The number of morpholine rings is 1. The SMILES string of the molecule is N#CC1CN(C(N)=NC2CCCC2)CCO1. The number of hydrogen-bond donors (Lipinski definition) is 1. The third-order valence-corrected chi connectivity index (χ3v) is 3.17. The van der Waals surface area contributed by atoms with Crippen LogP contribution in [0.25, 0.3) is 0 Å². The molecule has 1 atom stereocenters. The predicted octanol–water partition coefficient (Wildman–Crippen LogP) is 0.468. The molecule has 1 unspecified atom stereocenters. The van der Waals surface area contributed by atoms with E-state index in [1.165, 1.54) is 12.8 Å². The highest BCUT2D eigenvalue weighted by atomic mass is 16.5. The van der Waals surface area contributed by atoms with Gasteiger partial charge in [0.25, 0.3) is 0 Å². The molecule has 1 heterocycles. The number of guanidine groups is 1. The van der Waals surface area contributed by atoms with Crippen LogP contribution in [0.4, 0.5) is 0 Å². The zero-order valence-corrected chi connectivity index (χ0v) is 9.43. The van der Waals surface area contributed by atoms with Crippen LogP contribution in [0.2, 0.25) is 0 Å². The molecule has 5 nitrogen and oxygen atoms in total. The Morgan fingerprint density at radius 1 is 1.44 bits per heavy atom. The Balaban J connectivity index is 1.92. The monoisotopic (exact) mass is 222 g/mol. The molecule has 0 radical (unpaired) electrons. The Kier molecular flexibility index (Phi) is 3.62. The van der Waals surface area contributed by atoms with Crippen LogP contribution in [0.1, 0.15) is 25.7 Å². The van der Waals surface area contributed by atoms with Crippen molar-refractivity contribution in [3.63, 3.8) is 0 Å². The minimum Gasteiger partial charge on any atom is -0.370 e. The van der Waals surface area contributed by atoms with Gasteiger partial charge in [0.1, 0.15) is 0 Å². The molecule has 1 saturated heterocycles. The smallest absolute Gasteiger partial charge is 0.191 e. The first-order valence-corrected chi connectivity index (χ1v) is 5.89. The summed E-state index contributed by atoms with van der Waals surface area (Å²) >= 11 is 0.